The number of nitrogens with one attached hydrogen (secondary N) is 1. The maximum Gasteiger partial charge on any atom is 0.0618 e. The molecule has 0 bridgehead atoms. The number of thioether (sulfide) groups is 2. The van der Waals surface area contributed by atoms with Gasteiger partial charge in [0.2, 0.25) is 0 Å². The van der Waals surface area contributed by atoms with Gasteiger partial charge in [-0.2, -0.15) is 0 Å². The molecule has 2 aromatic carbocycles. The Morgan fingerprint density at radius 3 is 2.94 bits per heavy atom. The second-order valence-electron chi connectivity index (χ2n) is 4.28. The van der Waals surface area contributed by atoms with Crippen molar-refractivity contribution >= 4 is 29.2 Å². The van der Waals surface area contributed by atoms with Crippen molar-refractivity contribution in [1.82, 2.24) is 0 Å². The van der Waals surface area contributed by atoms with Crippen LogP contribution in [0.5, 0.6) is 0 Å². The first-order valence-electron chi connectivity index (χ1n) is 5.99. The van der Waals surface area contributed by atoms with Gasteiger partial charge in [0.25, 0.3) is 0 Å². The van der Waals surface area contributed by atoms with Crippen LogP contribution in [0.4, 0.5) is 5.69 Å². The van der Waals surface area contributed by atoms with Crippen LogP contribution in [-0.4, -0.2) is 12.0 Å². The van der Waals surface area contributed by atoms with E-state index in [1.807, 2.05) is 11.8 Å². The van der Waals surface area contributed by atoms with Gasteiger partial charge in [-0.05, 0) is 36.1 Å². The largest absolute Gasteiger partial charge is 0.377 e. The summed E-state index contributed by atoms with van der Waals surface area (Å²) in [7, 11) is 0. The summed E-state index contributed by atoms with van der Waals surface area (Å²) in [4.78, 5) is 2.72. The fourth-order valence-corrected chi connectivity index (χ4v) is 3.82. The van der Waals surface area contributed by atoms with E-state index in [2.05, 4.69) is 60.1 Å². The summed E-state index contributed by atoms with van der Waals surface area (Å²) in [5.41, 5.74) is 2.64. The maximum atomic E-state index is 3.64. The van der Waals surface area contributed by atoms with Crippen LogP contribution in [0.2, 0.25) is 0 Å². The quantitative estimate of drug-likeness (QED) is 0.816. The lowest BCUT2D eigenvalue weighted by Gasteiger charge is -2.15. The van der Waals surface area contributed by atoms with Gasteiger partial charge in [0.15, 0.2) is 0 Å². The molecule has 92 valence electrons. The van der Waals surface area contributed by atoms with Crippen molar-refractivity contribution in [3.05, 3.63) is 54.1 Å². The predicted molar refractivity (Wildman–Crippen MR) is 81.8 cm³/mol. The van der Waals surface area contributed by atoms with E-state index in [9.17, 15) is 0 Å². The second-order valence-corrected chi connectivity index (χ2v) is 6.22. The second kappa shape index (κ2) is 5.29. The van der Waals surface area contributed by atoms with Crippen molar-refractivity contribution in [2.24, 2.45) is 0 Å². The highest BCUT2D eigenvalue weighted by Gasteiger charge is 2.22. The highest BCUT2D eigenvalue weighted by molar-refractivity contribution is 7.99. The molecule has 0 fully saturated rings. The lowest BCUT2D eigenvalue weighted by atomic mass is 10.1. The molecule has 18 heavy (non-hydrogen) atoms. The summed E-state index contributed by atoms with van der Waals surface area (Å²) in [5, 5.41) is 3.64. The van der Waals surface area contributed by atoms with Gasteiger partial charge in [-0.15, -0.1) is 23.5 Å². The average molecular weight is 273 g/mol. The van der Waals surface area contributed by atoms with Crippen LogP contribution in [0.3, 0.4) is 0 Å². The standard InChI is InChI=1S/C15H15NS2/c1-17-12-6-4-5-11(9-12)16-14-10-18-15-8-3-2-7-13(14)15/h2-9,14,16H,10H2,1H3. The molecule has 1 unspecified atom stereocenters. The minimum absolute atomic E-state index is 0.434. The molecule has 3 rings (SSSR count). The van der Waals surface area contributed by atoms with Crippen LogP contribution in [0.25, 0.3) is 0 Å². The fourth-order valence-electron chi connectivity index (χ4n) is 2.20. The van der Waals surface area contributed by atoms with Crippen molar-refractivity contribution < 1.29 is 0 Å². The molecule has 1 nitrogen and oxygen atoms in total. The van der Waals surface area contributed by atoms with E-state index in [-0.39, 0.29) is 0 Å². The Morgan fingerprint density at radius 1 is 1.17 bits per heavy atom. The maximum absolute atomic E-state index is 3.64. The summed E-state index contributed by atoms with van der Waals surface area (Å²) in [6.45, 7) is 0. The first-order valence-corrected chi connectivity index (χ1v) is 8.20. The van der Waals surface area contributed by atoms with Crippen molar-refractivity contribution in [1.29, 1.82) is 0 Å². The first-order chi connectivity index (χ1) is 8.86. The Balaban J connectivity index is 1.82. The Bertz CT molecular complexity index is 554. The molecule has 1 aliphatic heterocycles. The molecule has 1 atom stereocenters. The van der Waals surface area contributed by atoms with Gasteiger partial charge in [0.05, 0.1) is 6.04 Å². The lowest BCUT2D eigenvalue weighted by Crippen LogP contribution is -2.09. The molecule has 0 saturated heterocycles. The van der Waals surface area contributed by atoms with Gasteiger partial charge in [-0.3, -0.25) is 0 Å². The fraction of sp³-hybridized carbons (Fsp3) is 0.200. The van der Waals surface area contributed by atoms with Crippen LogP contribution in [0.15, 0.2) is 58.3 Å². The van der Waals surface area contributed by atoms with Crippen LogP contribution in [-0.2, 0) is 0 Å². The molecular formula is C15H15NS2. The number of hydrogen-bond donors (Lipinski definition) is 1. The molecule has 1 heterocycles. The third-order valence-corrected chi connectivity index (χ3v) is 5.02. The molecule has 0 radical (unpaired) electrons. The van der Waals surface area contributed by atoms with Gasteiger partial charge in [-0.25, -0.2) is 0 Å². The summed E-state index contributed by atoms with van der Waals surface area (Å²) in [6.07, 6.45) is 2.11. The van der Waals surface area contributed by atoms with E-state index in [4.69, 9.17) is 0 Å². The smallest absolute Gasteiger partial charge is 0.0618 e. The molecule has 0 amide bonds. The van der Waals surface area contributed by atoms with E-state index < -0.39 is 0 Å². The lowest BCUT2D eigenvalue weighted by molar-refractivity contribution is 0.899. The summed E-state index contributed by atoms with van der Waals surface area (Å²) >= 11 is 3.72. The van der Waals surface area contributed by atoms with E-state index in [1.54, 1.807) is 11.8 Å². The summed E-state index contributed by atoms with van der Waals surface area (Å²) in [5.74, 6) is 1.11. The molecule has 0 aliphatic carbocycles. The zero-order valence-corrected chi connectivity index (χ0v) is 11.9. The van der Waals surface area contributed by atoms with Gasteiger partial charge in [0.1, 0.15) is 0 Å². The molecule has 0 spiro atoms. The first kappa shape index (κ1) is 12.0. The number of fused-ring (bicyclic) bond motifs is 1. The van der Waals surface area contributed by atoms with E-state index in [0.717, 1.165) is 5.75 Å². The van der Waals surface area contributed by atoms with Crippen LogP contribution in [0, 0.1) is 0 Å². The number of anilines is 1. The Morgan fingerprint density at radius 2 is 2.06 bits per heavy atom. The topological polar surface area (TPSA) is 12.0 Å². The highest BCUT2D eigenvalue weighted by Crippen LogP contribution is 2.39. The third-order valence-electron chi connectivity index (χ3n) is 3.11. The van der Waals surface area contributed by atoms with E-state index in [1.165, 1.54) is 21.0 Å². The Hall–Kier alpha value is -1.06. The summed E-state index contributed by atoms with van der Waals surface area (Å²) in [6, 6.07) is 17.7. The molecular weight excluding hydrogens is 258 g/mol. The molecule has 0 saturated carbocycles. The van der Waals surface area contributed by atoms with Crippen LogP contribution < -0.4 is 5.32 Å². The third kappa shape index (κ3) is 2.38. The zero-order valence-electron chi connectivity index (χ0n) is 10.2. The molecule has 3 heteroatoms. The van der Waals surface area contributed by atoms with Gasteiger partial charge in [0, 0.05) is 21.2 Å². The normalized spacial score (nSPS) is 17.5. The molecule has 0 aromatic heterocycles. The van der Waals surface area contributed by atoms with Gasteiger partial charge < -0.3 is 5.32 Å². The molecule has 2 aromatic rings. The van der Waals surface area contributed by atoms with Crippen LogP contribution in [0.1, 0.15) is 11.6 Å². The van der Waals surface area contributed by atoms with Gasteiger partial charge >= 0.3 is 0 Å². The monoisotopic (exact) mass is 273 g/mol. The SMILES string of the molecule is CSc1cccc(NC2CSc3ccccc32)c1. The minimum atomic E-state index is 0.434. The number of rotatable bonds is 3. The van der Waals surface area contributed by atoms with Crippen molar-refractivity contribution in [3.8, 4) is 0 Å². The van der Waals surface area contributed by atoms with Crippen molar-refractivity contribution in [2.75, 3.05) is 17.3 Å². The number of benzene rings is 2. The zero-order chi connectivity index (χ0) is 12.4. The molecule has 1 aliphatic rings. The van der Waals surface area contributed by atoms with Crippen LogP contribution >= 0.6 is 23.5 Å². The van der Waals surface area contributed by atoms with Crippen molar-refractivity contribution in [3.63, 3.8) is 0 Å². The average Bonchev–Trinajstić information content (AvgIpc) is 2.83. The summed E-state index contributed by atoms with van der Waals surface area (Å²) < 4.78 is 0. The Labute approximate surface area is 116 Å². The molecule has 1 N–H and O–H groups in total. The van der Waals surface area contributed by atoms with Gasteiger partial charge in [-0.1, -0.05) is 24.3 Å². The minimum Gasteiger partial charge on any atom is -0.377 e. The van der Waals surface area contributed by atoms with E-state index >= 15 is 0 Å². The van der Waals surface area contributed by atoms with Crippen molar-refractivity contribution in [2.45, 2.75) is 15.8 Å². The Kier molecular flexibility index (Phi) is 3.52. The van der Waals surface area contributed by atoms with E-state index in [0.29, 0.717) is 6.04 Å². The number of hydrogen-bond acceptors (Lipinski definition) is 3. The predicted octanol–water partition coefficient (Wildman–Crippen LogP) is 4.67. The highest BCUT2D eigenvalue weighted by atomic mass is 32.2.